The Bertz CT molecular complexity index is 144. The van der Waals surface area contributed by atoms with Gasteiger partial charge in [0.25, 0.3) is 0 Å². The zero-order valence-electron chi connectivity index (χ0n) is 8.13. The number of hydrogen-bond acceptors (Lipinski definition) is 0. The SMILES string of the molecule is CC.[Fe+2].c1cc[cH-]c1.c1cc[cH-]c1. The Kier molecular flexibility index (Phi) is 15.6. The molecule has 0 aliphatic heterocycles. The Labute approximate surface area is 91.8 Å². The van der Waals surface area contributed by atoms with Crippen molar-refractivity contribution in [1.82, 2.24) is 0 Å². The normalized spacial score (nSPS) is 6.62. The van der Waals surface area contributed by atoms with Gasteiger partial charge in [0, 0.05) is 0 Å². The first-order valence-corrected chi connectivity index (χ1v) is 4.33. The molecule has 0 heterocycles. The second kappa shape index (κ2) is 13.8. The zero-order chi connectivity index (χ0) is 9.07. The maximum absolute atomic E-state index is 2.00. The molecule has 0 unspecified atom stereocenters. The van der Waals surface area contributed by atoms with Gasteiger partial charge in [0.2, 0.25) is 0 Å². The van der Waals surface area contributed by atoms with E-state index in [0.29, 0.717) is 0 Å². The second-order valence-electron chi connectivity index (χ2n) is 1.92. The molecular formula is C12H16Fe. The van der Waals surface area contributed by atoms with E-state index in [9.17, 15) is 0 Å². The van der Waals surface area contributed by atoms with Crippen molar-refractivity contribution in [2.45, 2.75) is 13.8 Å². The summed E-state index contributed by atoms with van der Waals surface area (Å²) in [4.78, 5) is 0. The van der Waals surface area contributed by atoms with E-state index < -0.39 is 0 Å². The monoisotopic (exact) mass is 216 g/mol. The molecule has 0 amide bonds. The van der Waals surface area contributed by atoms with Gasteiger partial charge in [0.15, 0.2) is 0 Å². The fourth-order valence-electron chi connectivity index (χ4n) is 0.642. The minimum Gasteiger partial charge on any atom is -0.214 e. The van der Waals surface area contributed by atoms with Crippen LogP contribution >= 0.6 is 0 Å². The van der Waals surface area contributed by atoms with Gasteiger partial charge in [-0.3, -0.25) is 0 Å². The molecule has 0 spiro atoms. The van der Waals surface area contributed by atoms with Gasteiger partial charge < -0.3 is 0 Å². The van der Waals surface area contributed by atoms with Crippen LogP contribution in [0.25, 0.3) is 0 Å². The Hall–Kier alpha value is -0.781. The first-order chi connectivity index (χ1) is 6.00. The van der Waals surface area contributed by atoms with E-state index in [2.05, 4.69) is 0 Å². The van der Waals surface area contributed by atoms with Crippen molar-refractivity contribution in [1.29, 1.82) is 0 Å². The predicted octanol–water partition coefficient (Wildman–Crippen LogP) is 3.83. The fourth-order valence-corrected chi connectivity index (χ4v) is 0.642. The largest absolute Gasteiger partial charge is 2.00 e. The molecule has 0 saturated heterocycles. The number of rotatable bonds is 0. The molecule has 72 valence electrons. The van der Waals surface area contributed by atoms with Gasteiger partial charge in [-0.25, -0.2) is 24.3 Å². The maximum atomic E-state index is 2.00. The summed E-state index contributed by atoms with van der Waals surface area (Å²) in [7, 11) is 0. The molecule has 0 aliphatic rings. The van der Waals surface area contributed by atoms with Crippen LogP contribution in [0.15, 0.2) is 60.7 Å². The van der Waals surface area contributed by atoms with Crippen LogP contribution in [0.5, 0.6) is 0 Å². The summed E-state index contributed by atoms with van der Waals surface area (Å²) in [5.74, 6) is 0. The summed E-state index contributed by atoms with van der Waals surface area (Å²) >= 11 is 0. The first kappa shape index (κ1) is 14.7. The quantitative estimate of drug-likeness (QED) is 0.463. The first-order valence-electron chi connectivity index (χ1n) is 4.33. The predicted molar refractivity (Wildman–Crippen MR) is 55.4 cm³/mol. The van der Waals surface area contributed by atoms with Crippen LogP contribution in [0, 0.1) is 0 Å². The van der Waals surface area contributed by atoms with E-state index in [4.69, 9.17) is 0 Å². The van der Waals surface area contributed by atoms with Crippen LogP contribution in [0.2, 0.25) is 0 Å². The Morgan fingerprint density at radius 2 is 0.846 bits per heavy atom. The molecule has 0 radical (unpaired) electrons. The summed E-state index contributed by atoms with van der Waals surface area (Å²) < 4.78 is 0. The molecule has 0 aliphatic carbocycles. The molecule has 1 heteroatoms. The molecule has 0 nitrogen and oxygen atoms in total. The molecule has 0 atom stereocenters. The Morgan fingerprint density at radius 3 is 0.923 bits per heavy atom. The standard InChI is InChI=1S/2C5H5.C2H6.Fe/c2*1-2-4-5-3-1;1-2;/h2*1-5H;1-2H3;/q2*-1;;+2. The topological polar surface area (TPSA) is 0 Å². The second-order valence-corrected chi connectivity index (χ2v) is 1.92. The van der Waals surface area contributed by atoms with Crippen LogP contribution in [0.4, 0.5) is 0 Å². The van der Waals surface area contributed by atoms with Gasteiger partial charge in [-0.1, -0.05) is 13.8 Å². The third kappa shape index (κ3) is 11.2. The van der Waals surface area contributed by atoms with E-state index in [1.54, 1.807) is 0 Å². The van der Waals surface area contributed by atoms with Gasteiger partial charge in [0.05, 0.1) is 0 Å². The molecule has 2 rings (SSSR count). The van der Waals surface area contributed by atoms with Crippen LogP contribution < -0.4 is 0 Å². The molecule has 0 saturated carbocycles. The van der Waals surface area contributed by atoms with Gasteiger partial charge in [0.1, 0.15) is 0 Å². The van der Waals surface area contributed by atoms with Crippen molar-refractivity contribution in [3.05, 3.63) is 60.7 Å². The molecule has 13 heavy (non-hydrogen) atoms. The van der Waals surface area contributed by atoms with Gasteiger partial charge in [-0.15, -0.1) is 0 Å². The van der Waals surface area contributed by atoms with E-state index in [0.717, 1.165) is 0 Å². The third-order valence-electron chi connectivity index (χ3n) is 1.11. The van der Waals surface area contributed by atoms with E-state index in [1.807, 2.05) is 74.5 Å². The fraction of sp³-hybridized carbons (Fsp3) is 0.167. The van der Waals surface area contributed by atoms with E-state index >= 15 is 0 Å². The molecule has 0 fully saturated rings. The summed E-state index contributed by atoms with van der Waals surface area (Å²) in [6, 6.07) is 20.0. The minimum absolute atomic E-state index is 0. The van der Waals surface area contributed by atoms with Crippen molar-refractivity contribution >= 4 is 0 Å². The summed E-state index contributed by atoms with van der Waals surface area (Å²) in [6.07, 6.45) is 0. The van der Waals surface area contributed by atoms with E-state index in [1.165, 1.54) is 0 Å². The maximum Gasteiger partial charge on any atom is 2.00 e. The Morgan fingerprint density at radius 1 is 0.615 bits per heavy atom. The van der Waals surface area contributed by atoms with Gasteiger partial charge in [-0.2, -0.15) is 36.4 Å². The molecule has 2 aromatic rings. The van der Waals surface area contributed by atoms with Crippen molar-refractivity contribution in [2.75, 3.05) is 0 Å². The van der Waals surface area contributed by atoms with E-state index in [-0.39, 0.29) is 17.1 Å². The molecule has 0 aromatic heterocycles. The van der Waals surface area contributed by atoms with Crippen LogP contribution in [-0.2, 0) is 17.1 Å². The van der Waals surface area contributed by atoms with Gasteiger partial charge in [-0.05, 0) is 0 Å². The summed E-state index contributed by atoms with van der Waals surface area (Å²) in [6.45, 7) is 4.00. The summed E-state index contributed by atoms with van der Waals surface area (Å²) in [5, 5.41) is 0. The molecular weight excluding hydrogens is 200 g/mol. The van der Waals surface area contributed by atoms with Crippen LogP contribution in [0.1, 0.15) is 13.8 Å². The minimum atomic E-state index is 0. The van der Waals surface area contributed by atoms with Crippen LogP contribution in [-0.4, -0.2) is 0 Å². The third-order valence-corrected chi connectivity index (χ3v) is 1.11. The smallest absolute Gasteiger partial charge is 0.214 e. The number of hydrogen-bond donors (Lipinski definition) is 0. The van der Waals surface area contributed by atoms with Crippen LogP contribution in [0.3, 0.4) is 0 Å². The molecule has 0 bridgehead atoms. The van der Waals surface area contributed by atoms with Crippen molar-refractivity contribution in [3.8, 4) is 0 Å². The van der Waals surface area contributed by atoms with Crippen molar-refractivity contribution < 1.29 is 17.1 Å². The zero-order valence-corrected chi connectivity index (χ0v) is 9.23. The summed E-state index contributed by atoms with van der Waals surface area (Å²) in [5.41, 5.74) is 0. The average molecular weight is 216 g/mol. The van der Waals surface area contributed by atoms with Crippen molar-refractivity contribution in [3.63, 3.8) is 0 Å². The average Bonchev–Trinajstić information content (AvgIpc) is 2.87. The molecule has 2 aromatic carbocycles. The van der Waals surface area contributed by atoms with Crippen molar-refractivity contribution in [2.24, 2.45) is 0 Å². The molecule has 0 N–H and O–H groups in total. The van der Waals surface area contributed by atoms with Gasteiger partial charge >= 0.3 is 17.1 Å². The Balaban J connectivity index is 0.